The molecular formula is C11H10N4O. The minimum atomic E-state index is -0.0902. The standard InChI is InChI=1S/C11H10N4O/c1-8(16)12-4-2-3-10-5-9-6-14-15-11(9)7-13-10/h5-7H,4H2,1H3,(H,12,16)(H,14,15). The number of pyridine rings is 1. The van der Waals surface area contributed by atoms with Crippen molar-refractivity contribution in [2.75, 3.05) is 6.54 Å². The van der Waals surface area contributed by atoms with Crippen LogP contribution < -0.4 is 5.32 Å². The molecule has 0 spiro atoms. The summed E-state index contributed by atoms with van der Waals surface area (Å²) in [5, 5.41) is 10.3. The average molecular weight is 214 g/mol. The summed E-state index contributed by atoms with van der Waals surface area (Å²) < 4.78 is 0. The SMILES string of the molecule is CC(=O)NCC#Cc1cc2cn[nH]c2cn1. The van der Waals surface area contributed by atoms with Crippen LogP contribution in [0, 0.1) is 11.8 Å². The number of aromatic nitrogens is 3. The van der Waals surface area contributed by atoms with Crippen LogP contribution in [0.15, 0.2) is 18.5 Å². The second kappa shape index (κ2) is 4.45. The van der Waals surface area contributed by atoms with Gasteiger partial charge in [-0.05, 0) is 12.0 Å². The molecule has 5 nitrogen and oxygen atoms in total. The van der Waals surface area contributed by atoms with Crippen LogP contribution in [0.2, 0.25) is 0 Å². The highest BCUT2D eigenvalue weighted by Crippen LogP contribution is 2.08. The highest BCUT2D eigenvalue weighted by Gasteiger charge is 1.96. The quantitative estimate of drug-likeness (QED) is 0.677. The summed E-state index contributed by atoms with van der Waals surface area (Å²) in [5.41, 5.74) is 1.55. The van der Waals surface area contributed by atoms with Gasteiger partial charge in [-0.3, -0.25) is 9.89 Å². The summed E-state index contributed by atoms with van der Waals surface area (Å²) in [6, 6.07) is 1.85. The molecule has 16 heavy (non-hydrogen) atoms. The Bertz CT molecular complexity index is 576. The number of hydrogen-bond donors (Lipinski definition) is 2. The zero-order valence-electron chi connectivity index (χ0n) is 8.74. The van der Waals surface area contributed by atoms with E-state index in [0.29, 0.717) is 12.2 Å². The predicted octanol–water partition coefficient (Wildman–Crippen LogP) is 0.446. The molecule has 80 valence electrons. The Labute approximate surface area is 92.3 Å². The normalized spacial score (nSPS) is 9.56. The van der Waals surface area contributed by atoms with Crippen molar-refractivity contribution >= 4 is 16.8 Å². The van der Waals surface area contributed by atoms with Gasteiger partial charge < -0.3 is 5.32 Å². The lowest BCUT2D eigenvalue weighted by atomic mass is 10.3. The molecule has 0 atom stereocenters. The van der Waals surface area contributed by atoms with Crippen LogP contribution in [0.4, 0.5) is 0 Å². The third-order valence-corrected chi connectivity index (χ3v) is 1.97. The summed E-state index contributed by atoms with van der Waals surface area (Å²) >= 11 is 0. The van der Waals surface area contributed by atoms with Gasteiger partial charge in [0.1, 0.15) is 5.69 Å². The minimum absolute atomic E-state index is 0.0902. The summed E-state index contributed by atoms with van der Waals surface area (Å²) in [6.07, 6.45) is 3.40. The van der Waals surface area contributed by atoms with Gasteiger partial charge in [-0.25, -0.2) is 4.98 Å². The van der Waals surface area contributed by atoms with Crippen LogP contribution in [0.3, 0.4) is 0 Å². The van der Waals surface area contributed by atoms with E-state index in [1.165, 1.54) is 6.92 Å². The van der Waals surface area contributed by atoms with E-state index in [0.717, 1.165) is 10.9 Å². The van der Waals surface area contributed by atoms with E-state index < -0.39 is 0 Å². The van der Waals surface area contributed by atoms with E-state index in [1.807, 2.05) is 6.07 Å². The van der Waals surface area contributed by atoms with E-state index in [4.69, 9.17) is 0 Å². The molecule has 0 aromatic carbocycles. The lowest BCUT2D eigenvalue weighted by molar-refractivity contribution is -0.118. The van der Waals surface area contributed by atoms with Crippen molar-refractivity contribution in [1.82, 2.24) is 20.5 Å². The third kappa shape index (κ3) is 2.36. The first-order chi connectivity index (χ1) is 7.75. The first kappa shape index (κ1) is 10.2. The highest BCUT2D eigenvalue weighted by atomic mass is 16.1. The Morgan fingerprint density at radius 2 is 2.44 bits per heavy atom. The Hall–Kier alpha value is -2.35. The summed E-state index contributed by atoms with van der Waals surface area (Å²) in [4.78, 5) is 14.7. The second-order valence-corrected chi connectivity index (χ2v) is 3.24. The lowest BCUT2D eigenvalue weighted by Gasteiger charge is -1.92. The third-order valence-electron chi connectivity index (χ3n) is 1.97. The maximum absolute atomic E-state index is 10.6. The number of hydrogen-bond acceptors (Lipinski definition) is 3. The Kier molecular flexibility index (Phi) is 2.83. The van der Waals surface area contributed by atoms with Gasteiger partial charge in [0, 0.05) is 12.3 Å². The van der Waals surface area contributed by atoms with Gasteiger partial charge in [-0.15, -0.1) is 0 Å². The zero-order valence-corrected chi connectivity index (χ0v) is 8.74. The number of carbonyl (C=O) groups excluding carboxylic acids is 1. The second-order valence-electron chi connectivity index (χ2n) is 3.24. The predicted molar refractivity (Wildman–Crippen MR) is 59.5 cm³/mol. The first-order valence-corrected chi connectivity index (χ1v) is 4.78. The number of nitrogens with one attached hydrogen (secondary N) is 2. The molecule has 0 aliphatic rings. The smallest absolute Gasteiger partial charge is 0.217 e. The molecular weight excluding hydrogens is 204 g/mol. The fourth-order valence-electron chi connectivity index (χ4n) is 1.21. The largest absolute Gasteiger partial charge is 0.345 e. The van der Waals surface area contributed by atoms with Crippen molar-refractivity contribution in [3.8, 4) is 11.8 Å². The molecule has 1 amide bonds. The number of amides is 1. The maximum Gasteiger partial charge on any atom is 0.217 e. The van der Waals surface area contributed by atoms with E-state index >= 15 is 0 Å². The molecule has 2 aromatic heterocycles. The molecule has 0 saturated carbocycles. The van der Waals surface area contributed by atoms with E-state index in [2.05, 4.69) is 32.3 Å². The van der Waals surface area contributed by atoms with Gasteiger partial charge in [-0.1, -0.05) is 5.92 Å². The molecule has 2 heterocycles. The van der Waals surface area contributed by atoms with Crippen LogP contribution in [0.25, 0.3) is 10.9 Å². The average Bonchev–Trinajstić information content (AvgIpc) is 2.71. The van der Waals surface area contributed by atoms with Crippen molar-refractivity contribution in [3.63, 3.8) is 0 Å². The minimum Gasteiger partial charge on any atom is -0.345 e. The molecule has 0 saturated heterocycles. The fourth-order valence-corrected chi connectivity index (χ4v) is 1.21. The lowest BCUT2D eigenvalue weighted by Crippen LogP contribution is -2.19. The van der Waals surface area contributed by atoms with Crippen LogP contribution in [0.5, 0.6) is 0 Å². The number of rotatable bonds is 1. The van der Waals surface area contributed by atoms with Crippen molar-refractivity contribution in [2.24, 2.45) is 0 Å². The van der Waals surface area contributed by atoms with Gasteiger partial charge in [0.2, 0.25) is 5.91 Å². The van der Waals surface area contributed by atoms with Gasteiger partial charge in [0.25, 0.3) is 0 Å². The van der Waals surface area contributed by atoms with Crippen molar-refractivity contribution < 1.29 is 4.79 Å². The van der Waals surface area contributed by atoms with Gasteiger partial charge in [-0.2, -0.15) is 5.10 Å². The molecule has 0 bridgehead atoms. The van der Waals surface area contributed by atoms with Crippen molar-refractivity contribution in [3.05, 3.63) is 24.2 Å². The Morgan fingerprint density at radius 3 is 3.25 bits per heavy atom. The van der Waals surface area contributed by atoms with Crippen LogP contribution in [-0.4, -0.2) is 27.6 Å². The number of aromatic amines is 1. The molecule has 0 unspecified atom stereocenters. The molecule has 2 N–H and O–H groups in total. The summed E-state index contributed by atoms with van der Waals surface area (Å²) in [5.74, 6) is 5.59. The van der Waals surface area contributed by atoms with Crippen LogP contribution in [-0.2, 0) is 4.79 Å². The van der Waals surface area contributed by atoms with E-state index in [1.54, 1.807) is 12.4 Å². The van der Waals surface area contributed by atoms with Crippen molar-refractivity contribution in [2.45, 2.75) is 6.92 Å². The van der Waals surface area contributed by atoms with E-state index in [9.17, 15) is 4.79 Å². The molecule has 2 aromatic rings. The van der Waals surface area contributed by atoms with Crippen LogP contribution in [0.1, 0.15) is 12.6 Å². The summed E-state index contributed by atoms with van der Waals surface area (Å²) in [7, 11) is 0. The van der Waals surface area contributed by atoms with Gasteiger partial charge in [0.15, 0.2) is 0 Å². The van der Waals surface area contributed by atoms with Gasteiger partial charge in [0.05, 0.1) is 24.5 Å². The molecule has 0 radical (unpaired) electrons. The monoisotopic (exact) mass is 214 g/mol. The Morgan fingerprint density at radius 1 is 1.56 bits per heavy atom. The first-order valence-electron chi connectivity index (χ1n) is 4.78. The number of fused-ring (bicyclic) bond motifs is 1. The number of nitrogens with zero attached hydrogens (tertiary/aromatic N) is 2. The maximum atomic E-state index is 10.6. The zero-order chi connectivity index (χ0) is 11.4. The Balaban J connectivity index is 2.11. The molecule has 0 aliphatic heterocycles. The van der Waals surface area contributed by atoms with Crippen LogP contribution >= 0.6 is 0 Å². The molecule has 2 rings (SSSR count). The van der Waals surface area contributed by atoms with Gasteiger partial charge >= 0.3 is 0 Å². The fraction of sp³-hybridized carbons (Fsp3) is 0.182. The molecule has 0 aliphatic carbocycles. The topological polar surface area (TPSA) is 70.7 Å². The number of H-pyrrole nitrogens is 1. The van der Waals surface area contributed by atoms with E-state index in [-0.39, 0.29) is 5.91 Å². The summed E-state index contributed by atoms with van der Waals surface area (Å²) in [6.45, 7) is 1.79. The molecule has 5 heteroatoms. The highest BCUT2D eigenvalue weighted by molar-refractivity contribution is 5.77. The molecule has 0 fully saturated rings. The van der Waals surface area contributed by atoms with Crippen molar-refractivity contribution in [1.29, 1.82) is 0 Å². The number of carbonyl (C=O) groups is 1.